The number of rotatable bonds is 9. The highest BCUT2D eigenvalue weighted by Gasteiger charge is 2.13. The van der Waals surface area contributed by atoms with Gasteiger partial charge in [-0.25, -0.2) is 5.84 Å². The van der Waals surface area contributed by atoms with Gasteiger partial charge < -0.3 is 9.80 Å². The number of nitrogens with zero attached hydrogens (tertiary/aromatic N) is 5. The first-order valence-corrected chi connectivity index (χ1v) is 7.34. The Morgan fingerprint density at radius 2 is 1.65 bits per heavy atom. The number of unbranched alkanes of at least 4 members (excludes halogenated alkanes) is 2. The lowest BCUT2D eigenvalue weighted by Crippen LogP contribution is -2.28. The summed E-state index contributed by atoms with van der Waals surface area (Å²) in [4.78, 5) is 17.3. The molecule has 1 rings (SSSR count). The van der Waals surface area contributed by atoms with E-state index in [1.54, 1.807) is 0 Å². The van der Waals surface area contributed by atoms with Gasteiger partial charge in [0.15, 0.2) is 0 Å². The zero-order valence-electron chi connectivity index (χ0n) is 13.1. The Hall–Kier alpha value is -1.63. The van der Waals surface area contributed by atoms with Crippen molar-refractivity contribution in [3.05, 3.63) is 0 Å². The Morgan fingerprint density at radius 1 is 1.00 bits per heavy atom. The number of hydrazine groups is 1. The SMILES string of the molecule is CCCCCN(C)c1nc(NN)nc(N(CC)CC)n1. The molecular formula is C13H27N7. The molecule has 0 saturated carbocycles. The Kier molecular flexibility index (Phi) is 7.00. The molecule has 0 atom stereocenters. The van der Waals surface area contributed by atoms with E-state index in [0.717, 1.165) is 26.1 Å². The first-order chi connectivity index (χ1) is 9.65. The molecular weight excluding hydrogens is 254 g/mol. The quantitative estimate of drug-likeness (QED) is 0.404. The van der Waals surface area contributed by atoms with E-state index in [0.29, 0.717) is 17.8 Å². The van der Waals surface area contributed by atoms with Gasteiger partial charge in [0.1, 0.15) is 0 Å². The first kappa shape index (κ1) is 16.4. The van der Waals surface area contributed by atoms with Gasteiger partial charge in [-0.2, -0.15) is 15.0 Å². The second-order valence-electron chi connectivity index (χ2n) is 4.70. The molecule has 0 fully saturated rings. The molecule has 0 aromatic carbocycles. The predicted molar refractivity (Wildman–Crippen MR) is 84.0 cm³/mol. The highest BCUT2D eigenvalue weighted by molar-refractivity contribution is 5.44. The van der Waals surface area contributed by atoms with E-state index in [1.165, 1.54) is 12.8 Å². The fourth-order valence-electron chi connectivity index (χ4n) is 1.94. The first-order valence-electron chi connectivity index (χ1n) is 7.34. The highest BCUT2D eigenvalue weighted by Crippen LogP contribution is 2.15. The molecule has 7 nitrogen and oxygen atoms in total. The second kappa shape index (κ2) is 8.52. The van der Waals surface area contributed by atoms with Gasteiger partial charge in [-0.1, -0.05) is 19.8 Å². The van der Waals surface area contributed by atoms with Crippen molar-refractivity contribution in [3.63, 3.8) is 0 Å². The van der Waals surface area contributed by atoms with Crippen molar-refractivity contribution in [2.75, 3.05) is 41.9 Å². The van der Waals surface area contributed by atoms with Crippen LogP contribution >= 0.6 is 0 Å². The van der Waals surface area contributed by atoms with Crippen LogP contribution in [0.2, 0.25) is 0 Å². The summed E-state index contributed by atoms with van der Waals surface area (Å²) in [6, 6.07) is 0. The van der Waals surface area contributed by atoms with Crippen molar-refractivity contribution in [1.29, 1.82) is 0 Å². The van der Waals surface area contributed by atoms with Gasteiger partial charge in [-0.15, -0.1) is 0 Å². The van der Waals surface area contributed by atoms with Crippen molar-refractivity contribution >= 4 is 17.8 Å². The van der Waals surface area contributed by atoms with E-state index < -0.39 is 0 Å². The van der Waals surface area contributed by atoms with Gasteiger partial charge >= 0.3 is 0 Å². The summed E-state index contributed by atoms with van der Waals surface area (Å²) < 4.78 is 0. The monoisotopic (exact) mass is 281 g/mol. The summed E-state index contributed by atoms with van der Waals surface area (Å²) in [5.41, 5.74) is 2.52. The third kappa shape index (κ3) is 4.48. The lowest BCUT2D eigenvalue weighted by Gasteiger charge is -2.22. The number of nitrogens with one attached hydrogen (secondary N) is 1. The molecule has 0 saturated heterocycles. The van der Waals surface area contributed by atoms with Crippen LogP contribution in [-0.2, 0) is 0 Å². The third-order valence-electron chi connectivity index (χ3n) is 3.23. The molecule has 7 heteroatoms. The number of nitrogen functional groups attached to an aromatic ring is 1. The topological polar surface area (TPSA) is 83.2 Å². The standard InChI is InChI=1S/C13H27N7/c1-5-8-9-10-19(4)12-15-11(18-14)16-13(17-12)20(6-2)7-3/h5-10,14H2,1-4H3,(H,15,16,17,18). The molecule has 3 N–H and O–H groups in total. The lowest BCUT2D eigenvalue weighted by molar-refractivity contribution is 0.693. The zero-order valence-corrected chi connectivity index (χ0v) is 13.1. The van der Waals surface area contributed by atoms with Crippen molar-refractivity contribution in [1.82, 2.24) is 15.0 Å². The van der Waals surface area contributed by atoms with Crippen LogP contribution in [0.5, 0.6) is 0 Å². The van der Waals surface area contributed by atoms with Crippen LogP contribution in [-0.4, -0.2) is 41.6 Å². The van der Waals surface area contributed by atoms with Crippen molar-refractivity contribution in [2.45, 2.75) is 40.0 Å². The van der Waals surface area contributed by atoms with Gasteiger partial charge in [0, 0.05) is 26.7 Å². The van der Waals surface area contributed by atoms with Gasteiger partial charge in [0.25, 0.3) is 0 Å². The van der Waals surface area contributed by atoms with E-state index in [4.69, 9.17) is 5.84 Å². The van der Waals surface area contributed by atoms with Crippen LogP contribution in [0.3, 0.4) is 0 Å². The van der Waals surface area contributed by atoms with Crippen molar-refractivity contribution < 1.29 is 0 Å². The summed E-state index contributed by atoms with van der Waals surface area (Å²) in [5.74, 6) is 7.18. The summed E-state index contributed by atoms with van der Waals surface area (Å²) >= 11 is 0. The predicted octanol–water partition coefficient (Wildman–Crippen LogP) is 1.63. The van der Waals surface area contributed by atoms with Gasteiger partial charge in [0.05, 0.1) is 0 Å². The zero-order chi connectivity index (χ0) is 15.0. The van der Waals surface area contributed by atoms with Crippen LogP contribution in [0.1, 0.15) is 40.0 Å². The van der Waals surface area contributed by atoms with E-state index in [-0.39, 0.29) is 0 Å². The molecule has 0 unspecified atom stereocenters. The second-order valence-corrected chi connectivity index (χ2v) is 4.70. The third-order valence-corrected chi connectivity index (χ3v) is 3.23. The average Bonchev–Trinajstić information content (AvgIpc) is 2.48. The van der Waals surface area contributed by atoms with Gasteiger partial charge in [0.2, 0.25) is 17.8 Å². The normalized spacial score (nSPS) is 10.4. The largest absolute Gasteiger partial charge is 0.344 e. The van der Waals surface area contributed by atoms with Crippen LogP contribution in [0.4, 0.5) is 17.8 Å². The van der Waals surface area contributed by atoms with Crippen LogP contribution in [0, 0.1) is 0 Å². The Morgan fingerprint density at radius 3 is 2.20 bits per heavy atom. The maximum Gasteiger partial charge on any atom is 0.243 e. The molecule has 0 spiro atoms. The molecule has 0 radical (unpaired) electrons. The fraction of sp³-hybridized carbons (Fsp3) is 0.769. The number of anilines is 3. The number of nitrogens with two attached hydrogens (primary N) is 1. The highest BCUT2D eigenvalue weighted by atomic mass is 15.4. The summed E-state index contributed by atoms with van der Waals surface area (Å²) in [6.07, 6.45) is 3.54. The maximum atomic E-state index is 5.45. The minimum atomic E-state index is 0.402. The maximum absolute atomic E-state index is 5.45. The van der Waals surface area contributed by atoms with E-state index >= 15 is 0 Å². The van der Waals surface area contributed by atoms with E-state index in [9.17, 15) is 0 Å². The average molecular weight is 281 g/mol. The summed E-state index contributed by atoms with van der Waals surface area (Å²) in [6.45, 7) is 8.98. The van der Waals surface area contributed by atoms with Crippen LogP contribution in [0.25, 0.3) is 0 Å². The number of hydrogen-bond donors (Lipinski definition) is 2. The Bertz CT molecular complexity index is 392. The molecule has 1 aromatic rings. The Labute approximate surface area is 121 Å². The minimum Gasteiger partial charge on any atom is -0.344 e. The molecule has 1 aromatic heterocycles. The molecule has 0 aliphatic rings. The molecule has 0 aliphatic heterocycles. The summed E-state index contributed by atoms with van der Waals surface area (Å²) in [5, 5.41) is 0. The van der Waals surface area contributed by atoms with Gasteiger partial charge in [-0.05, 0) is 20.3 Å². The smallest absolute Gasteiger partial charge is 0.243 e. The van der Waals surface area contributed by atoms with E-state index in [1.807, 2.05) is 11.9 Å². The molecule has 114 valence electrons. The van der Waals surface area contributed by atoms with Crippen LogP contribution < -0.4 is 21.1 Å². The lowest BCUT2D eigenvalue weighted by atomic mass is 10.2. The molecule has 0 aliphatic carbocycles. The number of aromatic nitrogens is 3. The van der Waals surface area contributed by atoms with Crippen molar-refractivity contribution in [3.8, 4) is 0 Å². The van der Waals surface area contributed by atoms with Gasteiger partial charge in [-0.3, -0.25) is 5.43 Å². The van der Waals surface area contributed by atoms with Crippen LogP contribution in [0.15, 0.2) is 0 Å². The number of hydrogen-bond acceptors (Lipinski definition) is 7. The molecule has 0 amide bonds. The van der Waals surface area contributed by atoms with Crippen molar-refractivity contribution in [2.24, 2.45) is 5.84 Å². The summed E-state index contributed by atoms with van der Waals surface area (Å²) in [7, 11) is 2.00. The van der Waals surface area contributed by atoms with E-state index in [2.05, 4.69) is 46.0 Å². The Balaban J connectivity index is 2.91. The minimum absolute atomic E-state index is 0.402. The molecule has 20 heavy (non-hydrogen) atoms. The molecule has 1 heterocycles. The molecule has 0 bridgehead atoms. The fourth-order valence-corrected chi connectivity index (χ4v) is 1.94.